The maximum Gasteiger partial charge on any atom is 0.159 e. The third-order valence-corrected chi connectivity index (χ3v) is 7.56. The predicted molar refractivity (Wildman–Crippen MR) is 175 cm³/mol. The summed E-state index contributed by atoms with van der Waals surface area (Å²) in [5, 5.41) is 0. The van der Waals surface area contributed by atoms with Gasteiger partial charge in [0.2, 0.25) is 0 Å². The molecule has 0 bridgehead atoms. The van der Waals surface area contributed by atoms with Crippen LogP contribution in [0.15, 0.2) is 170 Å². The summed E-state index contributed by atoms with van der Waals surface area (Å²) in [6.07, 6.45) is 1.83. The highest BCUT2D eigenvalue weighted by atomic mass is 14.9. The first-order valence-electron chi connectivity index (χ1n) is 14.2. The molecule has 0 aliphatic heterocycles. The summed E-state index contributed by atoms with van der Waals surface area (Å²) in [7, 11) is 0. The van der Waals surface area contributed by atoms with Crippen LogP contribution in [0.4, 0.5) is 0 Å². The molecular weight excluding hydrogens is 508 g/mol. The van der Waals surface area contributed by atoms with Crippen LogP contribution >= 0.6 is 0 Å². The summed E-state index contributed by atoms with van der Waals surface area (Å²) in [6, 6.07) is 57.5. The molecular formula is C40H28N2. The van der Waals surface area contributed by atoms with Crippen LogP contribution in [-0.2, 0) is 0 Å². The van der Waals surface area contributed by atoms with Crippen molar-refractivity contribution in [1.29, 1.82) is 0 Å². The van der Waals surface area contributed by atoms with Gasteiger partial charge in [-0.25, -0.2) is 9.97 Å². The standard InChI is InChI=1S/C40H28N2/c1-3-10-29(11-4-1)30-20-22-31(23-21-30)33-14-7-15-34(26-33)35-16-8-17-36(27-35)37-18-9-19-38(28-37)39-24-25-41-40(42-39)32-12-5-2-6-13-32/h1-28H. The second-order valence-electron chi connectivity index (χ2n) is 10.3. The van der Waals surface area contributed by atoms with Crippen LogP contribution in [0.5, 0.6) is 0 Å². The van der Waals surface area contributed by atoms with Crippen LogP contribution in [0.1, 0.15) is 0 Å². The van der Waals surface area contributed by atoms with Crippen molar-refractivity contribution in [2.24, 2.45) is 0 Å². The normalized spacial score (nSPS) is 10.9. The summed E-state index contributed by atoms with van der Waals surface area (Å²) in [5.74, 6) is 0.732. The topological polar surface area (TPSA) is 25.8 Å². The molecule has 0 N–H and O–H groups in total. The summed E-state index contributed by atoms with van der Waals surface area (Å²) in [4.78, 5) is 9.36. The molecule has 0 amide bonds. The molecule has 0 unspecified atom stereocenters. The molecule has 0 spiro atoms. The van der Waals surface area contributed by atoms with E-state index in [4.69, 9.17) is 4.98 Å². The lowest BCUT2D eigenvalue weighted by molar-refractivity contribution is 1.18. The van der Waals surface area contributed by atoms with Crippen molar-refractivity contribution in [2.45, 2.75) is 0 Å². The second kappa shape index (κ2) is 11.5. The van der Waals surface area contributed by atoms with Crippen molar-refractivity contribution in [3.8, 4) is 67.2 Å². The van der Waals surface area contributed by atoms with Crippen LogP contribution in [0.25, 0.3) is 67.2 Å². The second-order valence-corrected chi connectivity index (χ2v) is 10.3. The Morgan fingerprint density at radius 1 is 0.286 bits per heavy atom. The quantitative estimate of drug-likeness (QED) is 0.211. The Hall–Kier alpha value is -5.60. The minimum Gasteiger partial charge on any atom is -0.237 e. The molecule has 0 fully saturated rings. The molecule has 7 rings (SSSR count). The molecule has 6 aromatic carbocycles. The van der Waals surface area contributed by atoms with Gasteiger partial charge in [0.05, 0.1) is 5.69 Å². The van der Waals surface area contributed by atoms with Crippen LogP contribution in [0, 0.1) is 0 Å². The molecule has 0 aliphatic rings. The van der Waals surface area contributed by atoms with Gasteiger partial charge in [-0.2, -0.15) is 0 Å². The molecule has 198 valence electrons. The van der Waals surface area contributed by atoms with Crippen LogP contribution < -0.4 is 0 Å². The number of hydrogen-bond acceptors (Lipinski definition) is 2. The molecule has 42 heavy (non-hydrogen) atoms. The van der Waals surface area contributed by atoms with Gasteiger partial charge >= 0.3 is 0 Å². The number of nitrogens with zero attached hydrogens (tertiary/aromatic N) is 2. The van der Waals surface area contributed by atoms with Crippen molar-refractivity contribution in [3.63, 3.8) is 0 Å². The van der Waals surface area contributed by atoms with Gasteiger partial charge in [0.15, 0.2) is 5.82 Å². The third-order valence-electron chi connectivity index (χ3n) is 7.56. The van der Waals surface area contributed by atoms with Gasteiger partial charge in [0, 0.05) is 17.3 Å². The Morgan fingerprint density at radius 2 is 0.667 bits per heavy atom. The first kappa shape index (κ1) is 25.4. The van der Waals surface area contributed by atoms with Crippen molar-refractivity contribution in [2.75, 3.05) is 0 Å². The lowest BCUT2D eigenvalue weighted by atomic mass is 9.95. The van der Waals surface area contributed by atoms with Crippen molar-refractivity contribution < 1.29 is 0 Å². The zero-order chi connectivity index (χ0) is 28.1. The molecule has 1 aromatic heterocycles. The highest BCUT2D eigenvalue weighted by Crippen LogP contribution is 2.32. The van der Waals surface area contributed by atoms with Crippen molar-refractivity contribution in [3.05, 3.63) is 170 Å². The molecule has 0 saturated heterocycles. The van der Waals surface area contributed by atoms with Gasteiger partial charge in [-0.05, 0) is 68.8 Å². The molecule has 0 atom stereocenters. The summed E-state index contributed by atoms with van der Waals surface area (Å²) in [6.45, 7) is 0. The first-order valence-corrected chi connectivity index (χ1v) is 14.2. The largest absolute Gasteiger partial charge is 0.237 e. The van der Waals surface area contributed by atoms with Crippen molar-refractivity contribution in [1.82, 2.24) is 9.97 Å². The third kappa shape index (κ3) is 5.39. The Kier molecular flexibility index (Phi) is 6.94. The molecule has 7 aromatic rings. The Bertz CT molecular complexity index is 1960. The fourth-order valence-electron chi connectivity index (χ4n) is 5.35. The average Bonchev–Trinajstić information content (AvgIpc) is 3.09. The fraction of sp³-hybridized carbons (Fsp3) is 0. The average molecular weight is 537 g/mol. The zero-order valence-electron chi connectivity index (χ0n) is 23.1. The van der Waals surface area contributed by atoms with E-state index in [1.807, 2.05) is 42.6 Å². The predicted octanol–water partition coefficient (Wildman–Crippen LogP) is 10.5. The molecule has 0 saturated carbocycles. The molecule has 2 heteroatoms. The number of benzene rings is 6. The summed E-state index contributed by atoms with van der Waals surface area (Å²) >= 11 is 0. The monoisotopic (exact) mass is 536 g/mol. The zero-order valence-corrected chi connectivity index (χ0v) is 23.1. The Labute approximate surface area is 246 Å². The molecule has 1 heterocycles. The van der Waals surface area contributed by atoms with E-state index >= 15 is 0 Å². The van der Waals surface area contributed by atoms with E-state index in [-0.39, 0.29) is 0 Å². The van der Waals surface area contributed by atoms with E-state index in [2.05, 4.69) is 132 Å². The van der Waals surface area contributed by atoms with E-state index in [1.54, 1.807) is 0 Å². The number of hydrogen-bond donors (Lipinski definition) is 0. The summed E-state index contributed by atoms with van der Waals surface area (Å²) in [5.41, 5.74) is 12.6. The van der Waals surface area contributed by atoms with E-state index in [9.17, 15) is 0 Å². The molecule has 0 aliphatic carbocycles. The van der Waals surface area contributed by atoms with E-state index in [1.165, 1.54) is 38.9 Å². The van der Waals surface area contributed by atoms with Gasteiger partial charge in [0.25, 0.3) is 0 Å². The van der Waals surface area contributed by atoms with Gasteiger partial charge in [-0.15, -0.1) is 0 Å². The van der Waals surface area contributed by atoms with Crippen LogP contribution in [0.2, 0.25) is 0 Å². The lowest BCUT2D eigenvalue weighted by Gasteiger charge is -2.10. The minimum atomic E-state index is 0.732. The van der Waals surface area contributed by atoms with Crippen molar-refractivity contribution >= 4 is 0 Å². The number of aromatic nitrogens is 2. The molecule has 2 nitrogen and oxygen atoms in total. The highest BCUT2D eigenvalue weighted by molar-refractivity contribution is 5.79. The SMILES string of the molecule is c1ccc(-c2ccc(-c3cccc(-c4cccc(-c5cccc(-c6ccnc(-c7ccccc7)n6)c5)c4)c3)cc2)cc1. The first-order chi connectivity index (χ1) is 20.8. The van der Waals surface area contributed by atoms with E-state index in [0.29, 0.717) is 0 Å². The minimum absolute atomic E-state index is 0.732. The maximum absolute atomic E-state index is 4.86. The van der Waals surface area contributed by atoms with Gasteiger partial charge in [-0.1, -0.05) is 140 Å². The maximum atomic E-state index is 4.86. The van der Waals surface area contributed by atoms with Crippen LogP contribution in [-0.4, -0.2) is 9.97 Å². The van der Waals surface area contributed by atoms with Crippen LogP contribution in [0.3, 0.4) is 0 Å². The smallest absolute Gasteiger partial charge is 0.159 e. The van der Waals surface area contributed by atoms with Gasteiger partial charge < -0.3 is 0 Å². The Balaban J connectivity index is 1.17. The van der Waals surface area contributed by atoms with E-state index < -0.39 is 0 Å². The number of rotatable bonds is 6. The van der Waals surface area contributed by atoms with Gasteiger partial charge in [-0.3, -0.25) is 0 Å². The molecule has 0 radical (unpaired) electrons. The Morgan fingerprint density at radius 3 is 1.21 bits per heavy atom. The highest BCUT2D eigenvalue weighted by Gasteiger charge is 2.08. The van der Waals surface area contributed by atoms with E-state index in [0.717, 1.165) is 28.2 Å². The summed E-state index contributed by atoms with van der Waals surface area (Å²) < 4.78 is 0. The van der Waals surface area contributed by atoms with Gasteiger partial charge in [0.1, 0.15) is 0 Å². The lowest BCUT2D eigenvalue weighted by Crippen LogP contribution is -1.91. The fourth-order valence-corrected chi connectivity index (χ4v) is 5.35.